The number of rotatable bonds is 3. The van der Waals surface area contributed by atoms with Crippen LogP contribution < -0.4 is 5.32 Å². The first-order valence-electron chi connectivity index (χ1n) is 8.74. The molecule has 2 fully saturated rings. The van der Waals surface area contributed by atoms with Gasteiger partial charge in [0.25, 0.3) is 0 Å². The third kappa shape index (κ3) is 2.65. The quantitative estimate of drug-likeness (QED) is 0.844. The fourth-order valence-corrected chi connectivity index (χ4v) is 4.59. The summed E-state index contributed by atoms with van der Waals surface area (Å²) in [6, 6.07) is 10.5. The van der Waals surface area contributed by atoms with Crippen molar-refractivity contribution in [3.05, 3.63) is 35.4 Å². The van der Waals surface area contributed by atoms with Crippen LogP contribution in [-0.2, 0) is 6.42 Å². The zero-order valence-electron chi connectivity index (χ0n) is 12.5. The average Bonchev–Trinajstić information content (AvgIpc) is 3.33. The highest BCUT2D eigenvalue weighted by Gasteiger charge is 2.35. The van der Waals surface area contributed by atoms with Gasteiger partial charge >= 0.3 is 0 Å². The molecule has 3 atom stereocenters. The molecule has 20 heavy (non-hydrogen) atoms. The van der Waals surface area contributed by atoms with Crippen LogP contribution in [0, 0.1) is 11.8 Å². The van der Waals surface area contributed by atoms with Gasteiger partial charge in [-0.1, -0.05) is 37.1 Å². The minimum absolute atomic E-state index is 0.628. The first-order valence-corrected chi connectivity index (χ1v) is 8.74. The van der Waals surface area contributed by atoms with Crippen LogP contribution in [0.4, 0.5) is 0 Å². The lowest BCUT2D eigenvalue weighted by molar-refractivity contribution is 0.240. The van der Waals surface area contributed by atoms with E-state index in [0.717, 1.165) is 17.9 Å². The first kappa shape index (κ1) is 12.9. The second-order valence-corrected chi connectivity index (χ2v) is 7.27. The molecule has 0 aliphatic heterocycles. The minimum Gasteiger partial charge on any atom is -0.307 e. The maximum Gasteiger partial charge on any atom is 0.0325 e. The molecule has 0 radical (unpaired) electrons. The zero-order chi connectivity index (χ0) is 13.4. The molecule has 0 saturated heterocycles. The van der Waals surface area contributed by atoms with Gasteiger partial charge < -0.3 is 5.32 Å². The lowest BCUT2D eigenvalue weighted by Crippen LogP contribution is -2.38. The Kier molecular flexibility index (Phi) is 3.56. The van der Waals surface area contributed by atoms with E-state index in [0.29, 0.717) is 6.04 Å². The molecule has 1 nitrogen and oxygen atoms in total. The number of benzene rings is 1. The zero-order valence-corrected chi connectivity index (χ0v) is 12.5. The fourth-order valence-electron chi connectivity index (χ4n) is 4.59. The molecule has 0 aromatic heterocycles. The molecule has 3 aliphatic carbocycles. The summed E-state index contributed by atoms with van der Waals surface area (Å²) in [5.74, 6) is 2.14. The van der Waals surface area contributed by atoms with Gasteiger partial charge in [0.15, 0.2) is 0 Å². The molecule has 1 aromatic carbocycles. The molecule has 3 aliphatic rings. The van der Waals surface area contributed by atoms with E-state index in [9.17, 15) is 0 Å². The van der Waals surface area contributed by atoms with Crippen molar-refractivity contribution in [2.75, 3.05) is 0 Å². The van der Waals surface area contributed by atoms with Crippen LogP contribution in [0.15, 0.2) is 24.3 Å². The summed E-state index contributed by atoms with van der Waals surface area (Å²) in [5, 5.41) is 4.03. The monoisotopic (exact) mass is 269 g/mol. The van der Waals surface area contributed by atoms with E-state index in [4.69, 9.17) is 0 Å². The highest BCUT2D eigenvalue weighted by molar-refractivity contribution is 5.32. The van der Waals surface area contributed by atoms with Gasteiger partial charge in [-0.05, 0) is 67.9 Å². The van der Waals surface area contributed by atoms with Crippen molar-refractivity contribution in [2.45, 2.75) is 69.9 Å². The Bertz CT molecular complexity index is 463. The van der Waals surface area contributed by atoms with Crippen LogP contribution in [0.2, 0.25) is 0 Å². The third-order valence-corrected chi connectivity index (χ3v) is 5.81. The van der Waals surface area contributed by atoms with E-state index in [2.05, 4.69) is 29.6 Å². The standard InChI is InChI=1S/C19H27N/c1-2-9-18-15(5-1)6-4-10-19(18)20-17-8-3-7-16(13-17)14-11-12-14/h1-2,5,9,14,16-17,19-20H,3-4,6-8,10-13H2. The Morgan fingerprint density at radius 1 is 0.850 bits per heavy atom. The molecular weight excluding hydrogens is 242 g/mol. The number of hydrogen-bond donors (Lipinski definition) is 1. The number of aryl methyl sites for hydroxylation is 1. The molecule has 108 valence electrons. The summed E-state index contributed by atoms with van der Waals surface area (Å²) in [6.45, 7) is 0. The fraction of sp³-hybridized carbons (Fsp3) is 0.684. The van der Waals surface area contributed by atoms with Gasteiger partial charge in [-0.25, -0.2) is 0 Å². The van der Waals surface area contributed by atoms with Crippen molar-refractivity contribution < 1.29 is 0 Å². The number of nitrogens with one attached hydrogen (secondary N) is 1. The van der Waals surface area contributed by atoms with E-state index in [1.54, 1.807) is 11.1 Å². The molecule has 2 saturated carbocycles. The van der Waals surface area contributed by atoms with Crippen LogP contribution in [0.1, 0.15) is 68.5 Å². The molecule has 0 bridgehead atoms. The summed E-state index contributed by atoms with van der Waals surface area (Å²) in [6.07, 6.45) is 12.8. The molecule has 1 N–H and O–H groups in total. The van der Waals surface area contributed by atoms with Crippen molar-refractivity contribution >= 4 is 0 Å². The Morgan fingerprint density at radius 3 is 2.65 bits per heavy atom. The van der Waals surface area contributed by atoms with Crippen molar-refractivity contribution in [1.29, 1.82) is 0 Å². The van der Waals surface area contributed by atoms with Gasteiger partial charge in [0.05, 0.1) is 0 Å². The molecule has 1 heteroatoms. The van der Waals surface area contributed by atoms with E-state index < -0.39 is 0 Å². The Balaban J connectivity index is 1.44. The lowest BCUT2D eigenvalue weighted by atomic mass is 9.81. The van der Waals surface area contributed by atoms with Gasteiger partial charge in [0.2, 0.25) is 0 Å². The SMILES string of the molecule is c1ccc2c(c1)CCCC2NC1CCCC(C2CC2)C1. The van der Waals surface area contributed by atoms with Crippen LogP contribution >= 0.6 is 0 Å². The molecule has 3 unspecified atom stereocenters. The van der Waals surface area contributed by atoms with Crippen LogP contribution in [0.5, 0.6) is 0 Å². The smallest absolute Gasteiger partial charge is 0.0325 e. The van der Waals surface area contributed by atoms with E-state index in [1.165, 1.54) is 57.8 Å². The maximum absolute atomic E-state index is 4.03. The van der Waals surface area contributed by atoms with Crippen LogP contribution in [-0.4, -0.2) is 6.04 Å². The Labute approximate surface area is 123 Å². The lowest BCUT2D eigenvalue weighted by Gasteiger charge is -2.35. The summed E-state index contributed by atoms with van der Waals surface area (Å²) >= 11 is 0. The van der Waals surface area contributed by atoms with E-state index in [-0.39, 0.29) is 0 Å². The van der Waals surface area contributed by atoms with Gasteiger partial charge in [-0.2, -0.15) is 0 Å². The van der Waals surface area contributed by atoms with Gasteiger partial charge in [0, 0.05) is 12.1 Å². The highest BCUT2D eigenvalue weighted by atomic mass is 15.0. The normalized spacial score (nSPS) is 33.7. The second-order valence-electron chi connectivity index (χ2n) is 7.27. The first-order chi connectivity index (χ1) is 9.90. The molecule has 0 heterocycles. The molecule has 0 amide bonds. The van der Waals surface area contributed by atoms with E-state index >= 15 is 0 Å². The molecule has 0 spiro atoms. The van der Waals surface area contributed by atoms with Gasteiger partial charge in [-0.3, -0.25) is 0 Å². The predicted molar refractivity (Wildman–Crippen MR) is 83.7 cm³/mol. The van der Waals surface area contributed by atoms with E-state index in [1.807, 2.05) is 0 Å². The number of hydrogen-bond acceptors (Lipinski definition) is 1. The molecule has 1 aromatic rings. The average molecular weight is 269 g/mol. The molecule has 4 rings (SSSR count). The second kappa shape index (κ2) is 5.52. The van der Waals surface area contributed by atoms with Crippen molar-refractivity contribution in [1.82, 2.24) is 5.32 Å². The van der Waals surface area contributed by atoms with Gasteiger partial charge in [0.1, 0.15) is 0 Å². The van der Waals surface area contributed by atoms with Crippen LogP contribution in [0.25, 0.3) is 0 Å². The number of fused-ring (bicyclic) bond motifs is 1. The summed E-state index contributed by atoms with van der Waals surface area (Å²) in [7, 11) is 0. The van der Waals surface area contributed by atoms with Crippen LogP contribution in [0.3, 0.4) is 0 Å². The third-order valence-electron chi connectivity index (χ3n) is 5.81. The Hall–Kier alpha value is -0.820. The Morgan fingerprint density at radius 2 is 1.75 bits per heavy atom. The minimum atomic E-state index is 0.628. The highest BCUT2D eigenvalue weighted by Crippen LogP contribution is 2.44. The van der Waals surface area contributed by atoms with Crippen molar-refractivity contribution in [3.8, 4) is 0 Å². The summed E-state index contributed by atoms with van der Waals surface area (Å²) < 4.78 is 0. The topological polar surface area (TPSA) is 12.0 Å². The largest absolute Gasteiger partial charge is 0.307 e. The van der Waals surface area contributed by atoms with Gasteiger partial charge in [-0.15, -0.1) is 0 Å². The maximum atomic E-state index is 4.03. The summed E-state index contributed by atoms with van der Waals surface area (Å²) in [4.78, 5) is 0. The predicted octanol–water partition coefficient (Wildman–Crippen LogP) is 4.62. The van der Waals surface area contributed by atoms with Crippen molar-refractivity contribution in [3.63, 3.8) is 0 Å². The summed E-state index contributed by atoms with van der Waals surface area (Å²) in [5.41, 5.74) is 3.18. The molecular formula is C19H27N. The van der Waals surface area contributed by atoms with Crippen molar-refractivity contribution in [2.24, 2.45) is 11.8 Å².